The van der Waals surface area contributed by atoms with Crippen LogP contribution in [-0.2, 0) is 6.42 Å². The molecule has 1 saturated heterocycles. The van der Waals surface area contributed by atoms with Crippen LogP contribution in [0.25, 0.3) is 10.8 Å². The number of likely N-dealkylation sites (tertiary alicyclic amines) is 1. The molecule has 22 heavy (non-hydrogen) atoms. The van der Waals surface area contributed by atoms with Crippen LogP contribution in [0.2, 0.25) is 0 Å². The predicted octanol–water partition coefficient (Wildman–Crippen LogP) is 3.83. The molecule has 3 rings (SSSR count). The van der Waals surface area contributed by atoms with E-state index < -0.39 is 0 Å². The van der Waals surface area contributed by atoms with E-state index in [4.69, 9.17) is 5.73 Å². The monoisotopic (exact) mass is 296 g/mol. The average molecular weight is 296 g/mol. The van der Waals surface area contributed by atoms with Gasteiger partial charge < -0.3 is 5.73 Å². The first-order valence-corrected chi connectivity index (χ1v) is 8.54. The first-order valence-electron chi connectivity index (χ1n) is 8.54. The summed E-state index contributed by atoms with van der Waals surface area (Å²) in [6.45, 7) is 7.77. The molecule has 0 bridgehead atoms. The molecule has 1 unspecified atom stereocenters. The van der Waals surface area contributed by atoms with Gasteiger partial charge in [-0.15, -0.1) is 0 Å². The Kier molecular flexibility index (Phi) is 4.51. The molecule has 2 aromatic carbocycles. The summed E-state index contributed by atoms with van der Waals surface area (Å²) in [5.74, 6) is 0.857. The Balaban J connectivity index is 1.87. The Morgan fingerprint density at radius 2 is 1.77 bits per heavy atom. The molecular weight excluding hydrogens is 268 g/mol. The van der Waals surface area contributed by atoms with Gasteiger partial charge in [-0.25, -0.2) is 0 Å². The highest BCUT2D eigenvalue weighted by atomic mass is 15.2. The molecule has 2 N–H and O–H groups in total. The van der Waals surface area contributed by atoms with Crippen LogP contribution in [-0.4, -0.2) is 30.1 Å². The van der Waals surface area contributed by atoms with Gasteiger partial charge in [0.2, 0.25) is 0 Å². The summed E-state index contributed by atoms with van der Waals surface area (Å²) >= 11 is 0. The average Bonchev–Trinajstić information content (AvgIpc) is 2.55. The SMILES string of the molecule is CC1CCN(C(C)(CN)Cc2cccc3ccccc23)CC1. The summed E-state index contributed by atoms with van der Waals surface area (Å²) in [4.78, 5) is 2.62. The van der Waals surface area contributed by atoms with Gasteiger partial charge in [0.15, 0.2) is 0 Å². The lowest BCUT2D eigenvalue weighted by atomic mass is 9.86. The number of nitrogens with zero attached hydrogens (tertiary/aromatic N) is 1. The Labute approximate surface area is 134 Å². The van der Waals surface area contributed by atoms with Gasteiger partial charge in [-0.2, -0.15) is 0 Å². The molecule has 0 spiro atoms. The fourth-order valence-electron chi connectivity index (χ4n) is 3.72. The Bertz CT molecular complexity index is 623. The van der Waals surface area contributed by atoms with Gasteiger partial charge in [0.1, 0.15) is 0 Å². The van der Waals surface area contributed by atoms with Gasteiger partial charge in [0.25, 0.3) is 0 Å². The van der Waals surface area contributed by atoms with Gasteiger partial charge in [0, 0.05) is 12.1 Å². The van der Waals surface area contributed by atoms with Crippen molar-refractivity contribution in [2.45, 2.75) is 38.6 Å². The molecule has 118 valence electrons. The van der Waals surface area contributed by atoms with Crippen molar-refractivity contribution < 1.29 is 0 Å². The minimum atomic E-state index is 0.0598. The second-order valence-electron chi connectivity index (χ2n) is 7.19. The zero-order valence-electron chi connectivity index (χ0n) is 13.9. The van der Waals surface area contributed by atoms with Crippen molar-refractivity contribution in [2.24, 2.45) is 11.7 Å². The van der Waals surface area contributed by atoms with Crippen LogP contribution in [0.5, 0.6) is 0 Å². The summed E-state index contributed by atoms with van der Waals surface area (Å²) in [6, 6.07) is 15.3. The van der Waals surface area contributed by atoms with Crippen LogP contribution in [0.15, 0.2) is 42.5 Å². The van der Waals surface area contributed by atoms with Crippen molar-refractivity contribution in [1.29, 1.82) is 0 Å². The first-order chi connectivity index (χ1) is 10.6. The molecule has 1 aliphatic heterocycles. The fraction of sp³-hybridized carbons (Fsp3) is 0.500. The molecule has 2 aromatic rings. The highest BCUT2D eigenvalue weighted by molar-refractivity contribution is 5.85. The molecule has 0 saturated carbocycles. The van der Waals surface area contributed by atoms with E-state index in [1.54, 1.807) is 0 Å². The molecule has 0 aromatic heterocycles. The van der Waals surface area contributed by atoms with Crippen molar-refractivity contribution >= 4 is 10.8 Å². The molecule has 0 amide bonds. The normalized spacial score (nSPS) is 20.1. The minimum absolute atomic E-state index is 0.0598. The largest absolute Gasteiger partial charge is 0.329 e. The van der Waals surface area contributed by atoms with Crippen LogP contribution in [0.1, 0.15) is 32.3 Å². The van der Waals surface area contributed by atoms with Crippen molar-refractivity contribution in [1.82, 2.24) is 4.90 Å². The lowest BCUT2D eigenvalue weighted by Crippen LogP contribution is -2.55. The molecule has 0 radical (unpaired) electrons. The molecular formula is C20H28N2. The predicted molar refractivity (Wildman–Crippen MR) is 95.1 cm³/mol. The summed E-state index contributed by atoms with van der Waals surface area (Å²) in [5.41, 5.74) is 7.70. The molecule has 2 heteroatoms. The molecule has 1 heterocycles. The maximum Gasteiger partial charge on any atom is 0.0344 e. The van der Waals surface area contributed by atoms with E-state index in [0.29, 0.717) is 6.54 Å². The number of fused-ring (bicyclic) bond motifs is 1. The number of hydrogen-bond acceptors (Lipinski definition) is 2. The second kappa shape index (κ2) is 6.39. The number of hydrogen-bond donors (Lipinski definition) is 1. The van der Waals surface area contributed by atoms with E-state index in [0.717, 1.165) is 12.3 Å². The highest BCUT2D eigenvalue weighted by Crippen LogP contribution is 2.29. The number of nitrogens with two attached hydrogens (primary N) is 1. The summed E-state index contributed by atoms with van der Waals surface area (Å²) in [6.07, 6.45) is 3.62. The van der Waals surface area contributed by atoms with E-state index in [1.807, 2.05) is 0 Å². The smallest absolute Gasteiger partial charge is 0.0344 e. The molecule has 2 nitrogen and oxygen atoms in total. The van der Waals surface area contributed by atoms with Gasteiger partial charge in [-0.1, -0.05) is 49.4 Å². The molecule has 1 aliphatic rings. The van der Waals surface area contributed by atoms with E-state index >= 15 is 0 Å². The minimum Gasteiger partial charge on any atom is -0.329 e. The van der Waals surface area contributed by atoms with Crippen LogP contribution in [0.4, 0.5) is 0 Å². The zero-order chi connectivity index (χ0) is 15.6. The van der Waals surface area contributed by atoms with Gasteiger partial charge in [-0.3, -0.25) is 4.90 Å². The third-order valence-electron chi connectivity index (χ3n) is 5.44. The lowest BCUT2D eigenvalue weighted by Gasteiger charge is -2.44. The third kappa shape index (κ3) is 3.04. The van der Waals surface area contributed by atoms with E-state index in [-0.39, 0.29) is 5.54 Å². The number of piperidine rings is 1. The van der Waals surface area contributed by atoms with Gasteiger partial charge in [0.05, 0.1) is 0 Å². The summed E-state index contributed by atoms with van der Waals surface area (Å²) in [5, 5.41) is 2.70. The Hall–Kier alpha value is -1.38. The fourth-order valence-corrected chi connectivity index (χ4v) is 3.72. The Morgan fingerprint density at radius 3 is 2.50 bits per heavy atom. The number of rotatable bonds is 4. The molecule has 1 atom stereocenters. The Morgan fingerprint density at radius 1 is 1.09 bits per heavy atom. The van der Waals surface area contributed by atoms with Crippen molar-refractivity contribution in [3.05, 3.63) is 48.0 Å². The van der Waals surface area contributed by atoms with Crippen molar-refractivity contribution in [3.8, 4) is 0 Å². The topological polar surface area (TPSA) is 29.3 Å². The maximum absolute atomic E-state index is 6.22. The summed E-state index contributed by atoms with van der Waals surface area (Å²) < 4.78 is 0. The van der Waals surface area contributed by atoms with E-state index in [1.165, 1.54) is 42.3 Å². The molecule has 0 aliphatic carbocycles. The second-order valence-corrected chi connectivity index (χ2v) is 7.19. The first kappa shape index (κ1) is 15.5. The lowest BCUT2D eigenvalue weighted by molar-refractivity contribution is 0.0711. The maximum atomic E-state index is 6.22. The zero-order valence-corrected chi connectivity index (χ0v) is 13.9. The van der Waals surface area contributed by atoms with Gasteiger partial charge in [-0.05, 0) is 61.5 Å². The van der Waals surface area contributed by atoms with E-state index in [2.05, 4.69) is 61.2 Å². The number of benzene rings is 2. The van der Waals surface area contributed by atoms with Crippen molar-refractivity contribution in [2.75, 3.05) is 19.6 Å². The van der Waals surface area contributed by atoms with Crippen LogP contribution < -0.4 is 5.73 Å². The van der Waals surface area contributed by atoms with E-state index in [9.17, 15) is 0 Å². The summed E-state index contributed by atoms with van der Waals surface area (Å²) in [7, 11) is 0. The van der Waals surface area contributed by atoms with Crippen LogP contribution in [0.3, 0.4) is 0 Å². The standard InChI is InChI=1S/C20H28N2/c1-16-10-12-22(13-11-16)20(2,15-21)14-18-8-5-7-17-6-3-4-9-19(17)18/h3-9,16H,10-15,21H2,1-2H3. The van der Waals surface area contributed by atoms with Crippen LogP contribution in [0, 0.1) is 5.92 Å². The van der Waals surface area contributed by atoms with Crippen LogP contribution >= 0.6 is 0 Å². The van der Waals surface area contributed by atoms with Gasteiger partial charge >= 0.3 is 0 Å². The highest BCUT2D eigenvalue weighted by Gasteiger charge is 2.33. The molecule has 1 fully saturated rings. The third-order valence-corrected chi connectivity index (χ3v) is 5.44. The quantitative estimate of drug-likeness (QED) is 0.929. The van der Waals surface area contributed by atoms with Crippen molar-refractivity contribution in [3.63, 3.8) is 0 Å².